The minimum Gasteiger partial charge on any atom is -0.497 e. The molecule has 3 N–H and O–H groups in total. The van der Waals surface area contributed by atoms with E-state index in [1.54, 1.807) is 6.07 Å². The molecule has 102 valence electrons. The summed E-state index contributed by atoms with van der Waals surface area (Å²) in [6.07, 6.45) is 3.05. The number of carbonyl (C=O) groups is 2. The second kappa shape index (κ2) is 5.60. The molecule has 2 amide bonds. The standard InChI is InChI=1S/C13H16N2O4/c1-19-9-5-6-10(12(16)17)11(7-9)15-13(18)14-8-3-2-4-8/h5-8H,2-4H2,1H3,(H,16,17)(H2,14,15,18). The Kier molecular flexibility index (Phi) is 3.89. The van der Waals surface area contributed by atoms with E-state index >= 15 is 0 Å². The maximum absolute atomic E-state index is 11.7. The van der Waals surface area contributed by atoms with Crippen molar-refractivity contribution >= 4 is 17.7 Å². The minimum atomic E-state index is -1.10. The predicted molar refractivity (Wildman–Crippen MR) is 69.7 cm³/mol. The lowest BCUT2D eigenvalue weighted by molar-refractivity contribution is 0.0698. The molecule has 6 nitrogen and oxygen atoms in total. The second-order valence-corrected chi connectivity index (χ2v) is 4.44. The third kappa shape index (κ3) is 3.15. The molecule has 1 saturated carbocycles. The molecular formula is C13H16N2O4. The van der Waals surface area contributed by atoms with E-state index in [0.717, 1.165) is 19.3 Å². The number of methoxy groups -OCH3 is 1. The molecule has 0 aliphatic heterocycles. The van der Waals surface area contributed by atoms with Crippen molar-refractivity contribution in [2.45, 2.75) is 25.3 Å². The molecule has 1 aliphatic rings. The number of aromatic carboxylic acids is 1. The molecule has 0 radical (unpaired) electrons. The van der Waals surface area contributed by atoms with Crippen LogP contribution in [0.1, 0.15) is 29.6 Å². The van der Waals surface area contributed by atoms with Crippen LogP contribution in [0.2, 0.25) is 0 Å². The van der Waals surface area contributed by atoms with E-state index in [9.17, 15) is 9.59 Å². The Morgan fingerprint density at radius 3 is 2.63 bits per heavy atom. The third-order valence-electron chi connectivity index (χ3n) is 3.15. The van der Waals surface area contributed by atoms with Gasteiger partial charge in [0.1, 0.15) is 5.75 Å². The lowest BCUT2D eigenvalue weighted by Crippen LogP contribution is -2.42. The number of hydrogen-bond donors (Lipinski definition) is 3. The van der Waals surface area contributed by atoms with Crippen molar-refractivity contribution < 1.29 is 19.4 Å². The zero-order valence-corrected chi connectivity index (χ0v) is 10.6. The molecule has 1 fully saturated rings. The number of urea groups is 1. The summed E-state index contributed by atoms with van der Waals surface area (Å²) in [4.78, 5) is 22.8. The molecule has 1 aliphatic carbocycles. The molecule has 0 saturated heterocycles. The molecule has 1 aromatic carbocycles. The van der Waals surface area contributed by atoms with Gasteiger partial charge in [0, 0.05) is 12.1 Å². The van der Waals surface area contributed by atoms with Gasteiger partial charge in [0.15, 0.2) is 0 Å². The van der Waals surface area contributed by atoms with E-state index in [1.165, 1.54) is 19.2 Å². The van der Waals surface area contributed by atoms with Crippen molar-refractivity contribution in [2.75, 3.05) is 12.4 Å². The summed E-state index contributed by atoms with van der Waals surface area (Å²) in [6.45, 7) is 0. The Balaban J connectivity index is 2.11. The van der Waals surface area contributed by atoms with E-state index in [2.05, 4.69) is 10.6 Å². The number of carbonyl (C=O) groups excluding carboxylic acids is 1. The van der Waals surface area contributed by atoms with Crippen molar-refractivity contribution in [3.05, 3.63) is 23.8 Å². The molecule has 0 spiro atoms. The normalized spacial score (nSPS) is 14.4. The SMILES string of the molecule is COc1ccc(C(=O)O)c(NC(=O)NC2CCC2)c1. The number of hydrogen-bond acceptors (Lipinski definition) is 3. The van der Waals surface area contributed by atoms with Crippen LogP contribution in [0.15, 0.2) is 18.2 Å². The maximum atomic E-state index is 11.7. The maximum Gasteiger partial charge on any atom is 0.337 e. The Morgan fingerprint density at radius 2 is 2.11 bits per heavy atom. The lowest BCUT2D eigenvalue weighted by atomic mass is 9.93. The Bertz CT molecular complexity index is 497. The Morgan fingerprint density at radius 1 is 1.37 bits per heavy atom. The van der Waals surface area contributed by atoms with Gasteiger partial charge < -0.3 is 20.5 Å². The minimum absolute atomic E-state index is 0.0320. The smallest absolute Gasteiger partial charge is 0.337 e. The van der Waals surface area contributed by atoms with Gasteiger partial charge in [0.2, 0.25) is 0 Å². The number of rotatable bonds is 4. The Labute approximate surface area is 110 Å². The van der Waals surface area contributed by atoms with E-state index in [0.29, 0.717) is 5.75 Å². The summed E-state index contributed by atoms with van der Waals surface area (Å²) < 4.78 is 5.02. The molecule has 19 heavy (non-hydrogen) atoms. The summed E-state index contributed by atoms with van der Waals surface area (Å²) in [5, 5.41) is 14.4. The number of ether oxygens (including phenoxy) is 1. The molecule has 6 heteroatoms. The predicted octanol–water partition coefficient (Wildman–Crippen LogP) is 2.07. The van der Waals surface area contributed by atoms with Crippen LogP contribution in [0.3, 0.4) is 0 Å². The van der Waals surface area contributed by atoms with Crippen molar-refractivity contribution in [3.63, 3.8) is 0 Å². The van der Waals surface area contributed by atoms with E-state index < -0.39 is 5.97 Å². The van der Waals surface area contributed by atoms with Crippen LogP contribution >= 0.6 is 0 Å². The van der Waals surface area contributed by atoms with Crippen molar-refractivity contribution in [2.24, 2.45) is 0 Å². The summed E-state index contributed by atoms with van der Waals surface area (Å²) in [7, 11) is 1.48. The van der Waals surface area contributed by atoms with Gasteiger partial charge in [0.25, 0.3) is 0 Å². The first-order chi connectivity index (χ1) is 9.10. The first kappa shape index (κ1) is 13.2. The Hall–Kier alpha value is -2.24. The van der Waals surface area contributed by atoms with Gasteiger partial charge in [-0.15, -0.1) is 0 Å². The number of amides is 2. The molecule has 0 aromatic heterocycles. The van der Waals surface area contributed by atoms with Crippen molar-refractivity contribution in [3.8, 4) is 5.75 Å². The fraction of sp³-hybridized carbons (Fsp3) is 0.385. The second-order valence-electron chi connectivity index (χ2n) is 4.44. The highest BCUT2D eigenvalue weighted by Gasteiger charge is 2.20. The van der Waals surface area contributed by atoms with E-state index in [-0.39, 0.29) is 23.3 Å². The molecule has 1 aromatic rings. The van der Waals surface area contributed by atoms with Crippen LogP contribution in [-0.2, 0) is 0 Å². The summed E-state index contributed by atoms with van der Waals surface area (Å²) >= 11 is 0. The van der Waals surface area contributed by atoms with Gasteiger partial charge in [-0.1, -0.05) is 0 Å². The summed E-state index contributed by atoms with van der Waals surface area (Å²) in [5.41, 5.74) is 0.258. The highest BCUT2D eigenvalue weighted by molar-refractivity contribution is 6.00. The van der Waals surface area contributed by atoms with Gasteiger partial charge in [-0.3, -0.25) is 0 Å². The fourth-order valence-electron chi connectivity index (χ4n) is 1.84. The molecule has 0 unspecified atom stereocenters. The first-order valence-electron chi connectivity index (χ1n) is 6.09. The summed E-state index contributed by atoms with van der Waals surface area (Å²) in [6, 6.07) is 4.24. The number of nitrogens with one attached hydrogen (secondary N) is 2. The molecule has 0 bridgehead atoms. The number of carboxylic acids is 1. The van der Waals surface area contributed by atoms with Gasteiger partial charge in [-0.2, -0.15) is 0 Å². The quantitative estimate of drug-likeness (QED) is 0.776. The van der Waals surface area contributed by atoms with Crippen LogP contribution in [0, 0.1) is 0 Å². The van der Waals surface area contributed by atoms with Crippen LogP contribution < -0.4 is 15.4 Å². The zero-order chi connectivity index (χ0) is 13.8. The largest absolute Gasteiger partial charge is 0.497 e. The highest BCUT2D eigenvalue weighted by Crippen LogP contribution is 2.23. The lowest BCUT2D eigenvalue weighted by Gasteiger charge is -2.26. The zero-order valence-electron chi connectivity index (χ0n) is 10.6. The van der Waals surface area contributed by atoms with Gasteiger partial charge in [0.05, 0.1) is 18.4 Å². The fourth-order valence-corrected chi connectivity index (χ4v) is 1.84. The van der Waals surface area contributed by atoms with E-state index in [1.807, 2.05) is 0 Å². The number of anilines is 1. The first-order valence-corrected chi connectivity index (χ1v) is 6.09. The van der Waals surface area contributed by atoms with E-state index in [4.69, 9.17) is 9.84 Å². The monoisotopic (exact) mass is 264 g/mol. The molecule has 0 atom stereocenters. The topological polar surface area (TPSA) is 87.7 Å². The van der Waals surface area contributed by atoms with Gasteiger partial charge >= 0.3 is 12.0 Å². The third-order valence-corrected chi connectivity index (χ3v) is 3.15. The number of carboxylic acid groups (broad SMARTS) is 1. The van der Waals surface area contributed by atoms with Crippen molar-refractivity contribution in [1.29, 1.82) is 0 Å². The van der Waals surface area contributed by atoms with Crippen LogP contribution in [0.25, 0.3) is 0 Å². The van der Waals surface area contributed by atoms with Gasteiger partial charge in [-0.25, -0.2) is 9.59 Å². The van der Waals surface area contributed by atoms with Crippen molar-refractivity contribution in [1.82, 2.24) is 5.32 Å². The highest BCUT2D eigenvalue weighted by atomic mass is 16.5. The van der Waals surface area contributed by atoms with Crippen LogP contribution in [0.5, 0.6) is 5.75 Å². The van der Waals surface area contributed by atoms with Crippen LogP contribution in [0.4, 0.5) is 10.5 Å². The molecule has 0 heterocycles. The van der Waals surface area contributed by atoms with Gasteiger partial charge in [-0.05, 0) is 31.4 Å². The summed E-state index contributed by atoms with van der Waals surface area (Å²) in [5.74, 6) is -0.606. The molecule has 2 rings (SSSR count). The average Bonchev–Trinajstić information content (AvgIpc) is 2.33. The molecular weight excluding hydrogens is 248 g/mol. The average molecular weight is 264 g/mol. The number of benzene rings is 1. The van der Waals surface area contributed by atoms with Crippen LogP contribution in [-0.4, -0.2) is 30.3 Å².